The van der Waals surface area contributed by atoms with Crippen molar-refractivity contribution in [3.05, 3.63) is 60.1 Å². The Morgan fingerprint density at radius 2 is 1.54 bits per heavy atom. The van der Waals surface area contributed by atoms with Gasteiger partial charge < -0.3 is 44.1 Å². The van der Waals surface area contributed by atoms with Gasteiger partial charge in [-0.1, -0.05) is 0 Å². The standard InChI is InChI=1S/C22H29N5O14/c1-37-9-5-27(22(36)25-18(9)34)20-17(33)15(31)11(41-20)7-39-13(29)4-23-8-38-6-10-14(30)16(32)19(40-10)26-3-2-12(28)24-21(26)35/h2-3,5,10-11,14-17,19-20,23,30-33H,4,6-8H2,1H3,(H,24,28,35)(H,25,34,36)/t10-,11-,14-,15-,16-,17-,19-,20-/m1/s1. The van der Waals surface area contributed by atoms with Crippen molar-refractivity contribution in [2.75, 3.05) is 33.6 Å². The van der Waals surface area contributed by atoms with Crippen molar-refractivity contribution in [2.24, 2.45) is 0 Å². The SMILES string of the molecule is COc1cn([C@@H]2O[C@H](COC(=O)CNCOC[C@H]3O[C@@H](n4ccc(=O)[nH]c4=O)[C@H](O)[C@@H]3O)[C@@H](O)[C@H]2O)c(=O)[nH]c1=O. The van der Waals surface area contributed by atoms with Gasteiger partial charge in [-0.25, -0.2) is 9.59 Å². The van der Waals surface area contributed by atoms with E-state index in [9.17, 15) is 44.4 Å². The van der Waals surface area contributed by atoms with Gasteiger partial charge in [0, 0.05) is 12.3 Å². The number of methoxy groups -OCH3 is 1. The lowest BCUT2D eigenvalue weighted by Gasteiger charge is -2.17. The summed E-state index contributed by atoms with van der Waals surface area (Å²) in [4.78, 5) is 63.0. The smallest absolute Gasteiger partial charge is 0.330 e. The summed E-state index contributed by atoms with van der Waals surface area (Å²) in [5.41, 5.74) is -3.18. The van der Waals surface area contributed by atoms with Crippen LogP contribution in [-0.4, -0.2) is 116 Å². The first kappa shape index (κ1) is 30.3. The third kappa shape index (κ3) is 6.63. The zero-order chi connectivity index (χ0) is 29.8. The highest BCUT2D eigenvalue weighted by Crippen LogP contribution is 2.29. The summed E-state index contributed by atoms with van der Waals surface area (Å²) in [6.45, 7) is -1.26. The van der Waals surface area contributed by atoms with E-state index in [1.807, 2.05) is 9.97 Å². The van der Waals surface area contributed by atoms with Gasteiger partial charge in [-0.3, -0.25) is 38.8 Å². The zero-order valence-corrected chi connectivity index (χ0v) is 21.4. The van der Waals surface area contributed by atoms with E-state index < -0.39 is 84.2 Å². The molecule has 0 aliphatic carbocycles. The van der Waals surface area contributed by atoms with Crippen molar-refractivity contribution in [1.82, 2.24) is 24.4 Å². The summed E-state index contributed by atoms with van der Waals surface area (Å²) in [7, 11) is 1.20. The summed E-state index contributed by atoms with van der Waals surface area (Å²) in [6.07, 6.45) is -8.76. The fourth-order valence-corrected chi connectivity index (χ4v) is 4.25. The fraction of sp³-hybridized carbons (Fsp3) is 0.591. The number of carbonyl (C=O) groups excluding carboxylic acids is 1. The van der Waals surface area contributed by atoms with Crippen LogP contribution in [-0.2, 0) is 23.7 Å². The molecule has 0 saturated carbocycles. The molecule has 2 aliphatic heterocycles. The number of carbonyl (C=O) groups is 1. The maximum Gasteiger partial charge on any atom is 0.330 e. The van der Waals surface area contributed by atoms with Gasteiger partial charge in [0.05, 0.1) is 33.2 Å². The molecule has 7 N–H and O–H groups in total. The van der Waals surface area contributed by atoms with Gasteiger partial charge in [0.2, 0.25) is 5.75 Å². The highest BCUT2D eigenvalue weighted by Gasteiger charge is 2.45. The molecule has 4 rings (SSSR count). The molecule has 41 heavy (non-hydrogen) atoms. The van der Waals surface area contributed by atoms with Crippen molar-refractivity contribution in [1.29, 1.82) is 0 Å². The van der Waals surface area contributed by atoms with Crippen LogP contribution in [0.5, 0.6) is 5.75 Å². The van der Waals surface area contributed by atoms with Gasteiger partial charge in [0.1, 0.15) is 43.2 Å². The second-order valence-corrected chi connectivity index (χ2v) is 9.10. The zero-order valence-electron chi connectivity index (χ0n) is 21.4. The van der Waals surface area contributed by atoms with Crippen molar-refractivity contribution in [2.45, 2.75) is 49.1 Å². The Labute approximate surface area is 228 Å². The van der Waals surface area contributed by atoms with E-state index in [4.69, 9.17) is 23.7 Å². The average Bonchev–Trinajstić information content (AvgIpc) is 3.37. The van der Waals surface area contributed by atoms with E-state index in [-0.39, 0.29) is 25.6 Å². The van der Waals surface area contributed by atoms with Crippen molar-refractivity contribution >= 4 is 5.97 Å². The van der Waals surface area contributed by atoms with Crippen molar-refractivity contribution < 1.29 is 48.9 Å². The Hall–Kier alpha value is -3.69. The van der Waals surface area contributed by atoms with E-state index in [1.165, 1.54) is 7.11 Å². The molecule has 8 atom stereocenters. The van der Waals surface area contributed by atoms with Gasteiger partial charge in [-0.05, 0) is 0 Å². The third-order valence-corrected chi connectivity index (χ3v) is 6.39. The van der Waals surface area contributed by atoms with Crippen LogP contribution in [0.3, 0.4) is 0 Å². The van der Waals surface area contributed by atoms with Crippen LogP contribution in [0.4, 0.5) is 0 Å². The van der Waals surface area contributed by atoms with Crippen LogP contribution in [0.1, 0.15) is 12.5 Å². The molecule has 19 nitrogen and oxygen atoms in total. The number of aliphatic hydroxyl groups is 4. The summed E-state index contributed by atoms with van der Waals surface area (Å²) in [5, 5.41) is 43.6. The normalized spacial score (nSPS) is 29.5. The first-order chi connectivity index (χ1) is 19.5. The number of H-pyrrole nitrogens is 2. The number of hydrogen-bond acceptors (Lipinski definition) is 15. The van der Waals surface area contributed by atoms with E-state index >= 15 is 0 Å². The van der Waals surface area contributed by atoms with E-state index in [0.29, 0.717) is 0 Å². The lowest BCUT2D eigenvalue weighted by atomic mass is 10.1. The van der Waals surface area contributed by atoms with Crippen LogP contribution in [0.15, 0.2) is 37.6 Å². The Morgan fingerprint density at radius 1 is 0.927 bits per heavy atom. The maximum absolute atomic E-state index is 12.1. The summed E-state index contributed by atoms with van der Waals surface area (Å²) >= 11 is 0. The van der Waals surface area contributed by atoms with E-state index in [1.54, 1.807) is 0 Å². The predicted octanol–water partition coefficient (Wildman–Crippen LogP) is -5.56. The first-order valence-electron chi connectivity index (χ1n) is 12.2. The molecule has 0 amide bonds. The fourth-order valence-electron chi connectivity index (χ4n) is 4.25. The second kappa shape index (κ2) is 12.9. The molecule has 0 aromatic carbocycles. The molecule has 2 aromatic heterocycles. The quantitative estimate of drug-likeness (QED) is 0.0734. The second-order valence-electron chi connectivity index (χ2n) is 9.10. The highest BCUT2D eigenvalue weighted by atomic mass is 16.6. The Kier molecular flexibility index (Phi) is 9.50. The van der Waals surface area contributed by atoms with Crippen LogP contribution in [0.25, 0.3) is 0 Å². The van der Waals surface area contributed by atoms with E-state index in [0.717, 1.165) is 27.6 Å². The molecular weight excluding hydrogens is 558 g/mol. The molecule has 0 bridgehead atoms. The summed E-state index contributed by atoms with van der Waals surface area (Å²) < 4.78 is 27.9. The number of esters is 1. The monoisotopic (exact) mass is 587 g/mol. The minimum absolute atomic E-state index is 0.207. The molecule has 2 saturated heterocycles. The summed E-state index contributed by atoms with van der Waals surface area (Å²) in [5.74, 6) is -1.01. The Morgan fingerprint density at radius 3 is 2.17 bits per heavy atom. The molecule has 0 radical (unpaired) electrons. The van der Waals surface area contributed by atoms with E-state index in [2.05, 4.69) is 5.32 Å². The van der Waals surface area contributed by atoms with Crippen LogP contribution in [0.2, 0.25) is 0 Å². The summed E-state index contributed by atoms with van der Waals surface area (Å²) in [6, 6.07) is 1.06. The largest absolute Gasteiger partial charge is 0.490 e. The molecule has 0 spiro atoms. The van der Waals surface area contributed by atoms with Crippen molar-refractivity contribution in [3.8, 4) is 5.75 Å². The van der Waals surface area contributed by atoms with Crippen LogP contribution < -0.4 is 32.6 Å². The van der Waals surface area contributed by atoms with Gasteiger partial charge >= 0.3 is 17.3 Å². The Bertz CT molecular complexity index is 1450. The number of rotatable bonds is 11. The molecule has 226 valence electrons. The predicted molar refractivity (Wildman–Crippen MR) is 131 cm³/mol. The lowest BCUT2D eigenvalue weighted by molar-refractivity contribution is -0.149. The molecule has 2 aliphatic rings. The van der Waals surface area contributed by atoms with Crippen molar-refractivity contribution in [3.63, 3.8) is 0 Å². The number of ether oxygens (including phenoxy) is 5. The number of aromatic nitrogens is 4. The number of hydrogen-bond donors (Lipinski definition) is 7. The minimum Gasteiger partial charge on any atom is -0.490 e. The van der Waals surface area contributed by atoms with Gasteiger partial charge in [0.15, 0.2) is 12.5 Å². The maximum atomic E-state index is 12.1. The lowest BCUT2D eigenvalue weighted by Crippen LogP contribution is -2.38. The number of nitrogens with one attached hydrogen (secondary N) is 3. The molecule has 4 heterocycles. The van der Waals surface area contributed by atoms with Crippen LogP contribution in [0, 0.1) is 0 Å². The highest BCUT2D eigenvalue weighted by molar-refractivity contribution is 5.71. The molecular formula is C22H29N5O14. The molecule has 2 fully saturated rings. The first-order valence-corrected chi connectivity index (χ1v) is 12.2. The minimum atomic E-state index is -1.59. The molecule has 0 unspecified atom stereocenters. The van der Waals surface area contributed by atoms with Crippen LogP contribution >= 0.6 is 0 Å². The van der Waals surface area contributed by atoms with Gasteiger partial charge in [-0.2, -0.15) is 0 Å². The number of aromatic amines is 2. The average molecular weight is 587 g/mol. The Balaban J connectivity index is 1.19. The van der Waals surface area contributed by atoms with Gasteiger partial charge in [0.25, 0.3) is 11.1 Å². The molecule has 19 heteroatoms. The number of nitrogens with zero attached hydrogens (tertiary/aromatic N) is 2. The van der Waals surface area contributed by atoms with Gasteiger partial charge in [-0.15, -0.1) is 0 Å². The number of aliphatic hydroxyl groups excluding tert-OH is 4. The topological polar surface area (TPSA) is 266 Å². The third-order valence-electron chi connectivity index (χ3n) is 6.39. The molecule has 2 aromatic rings.